The van der Waals surface area contributed by atoms with Crippen molar-refractivity contribution in [2.75, 3.05) is 21.3 Å². The lowest BCUT2D eigenvalue weighted by Gasteiger charge is -2.46. The van der Waals surface area contributed by atoms with Crippen molar-refractivity contribution in [3.05, 3.63) is 0 Å². The van der Waals surface area contributed by atoms with Gasteiger partial charge in [-0.1, -0.05) is 26.7 Å². The van der Waals surface area contributed by atoms with Crippen molar-refractivity contribution in [1.82, 2.24) is 0 Å². The average molecular weight is 355 g/mol. The second-order valence-electron chi connectivity index (χ2n) is 8.76. The summed E-state index contributed by atoms with van der Waals surface area (Å²) in [7, 11) is 4.90. The Bertz CT molecular complexity index is 451. The SMILES string of the molecule is COC(=O)C(C)(CCC[C@@H](C)[C@H]1CCC2C(OC)CCC[C@@]21C)OC. The van der Waals surface area contributed by atoms with Gasteiger partial charge in [-0.15, -0.1) is 0 Å². The van der Waals surface area contributed by atoms with Crippen LogP contribution in [0.4, 0.5) is 0 Å². The minimum Gasteiger partial charge on any atom is -0.467 e. The van der Waals surface area contributed by atoms with Gasteiger partial charge in [-0.05, 0) is 68.6 Å². The first kappa shape index (κ1) is 20.7. The maximum atomic E-state index is 11.9. The summed E-state index contributed by atoms with van der Waals surface area (Å²) in [5.41, 5.74) is -0.395. The van der Waals surface area contributed by atoms with Crippen LogP contribution in [0.1, 0.15) is 72.1 Å². The number of esters is 1. The second kappa shape index (κ2) is 8.39. The predicted octanol–water partition coefficient (Wildman–Crippen LogP) is 4.60. The van der Waals surface area contributed by atoms with Crippen LogP contribution in [0.25, 0.3) is 0 Å². The lowest BCUT2D eigenvalue weighted by atomic mass is 9.61. The molecule has 25 heavy (non-hydrogen) atoms. The highest BCUT2D eigenvalue weighted by Crippen LogP contribution is 2.58. The average Bonchev–Trinajstić information content (AvgIpc) is 2.97. The number of hydrogen-bond donors (Lipinski definition) is 0. The molecule has 146 valence electrons. The number of rotatable bonds is 8. The van der Waals surface area contributed by atoms with Crippen LogP contribution in [-0.4, -0.2) is 39.0 Å². The van der Waals surface area contributed by atoms with Crippen molar-refractivity contribution in [1.29, 1.82) is 0 Å². The summed E-state index contributed by atoms with van der Waals surface area (Å²) in [4.78, 5) is 11.9. The van der Waals surface area contributed by atoms with Gasteiger partial charge in [0, 0.05) is 14.2 Å². The zero-order valence-electron chi connectivity index (χ0n) is 17.1. The van der Waals surface area contributed by atoms with Gasteiger partial charge >= 0.3 is 5.97 Å². The Balaban J connectivity index is 1.93. The van der Waals surface area contributed by atoms with Crippen molar-refractivity contribution >= 4 is 5.97 Å². The Morgan fingerprint density at radius 3 is 2.56 bits per heavy atom. The van der Waals surface area contributed by atoms with Crippen LogP contribution in [0, 0.1) is 23.2 Å². The molecule has 0 aromatic rings. The van der Waals surface area contributed by atoms with Crippen molar-refractivity contribution in [2.45, 2.75) is 83.8 Å². The Hall–Kier alpha value is -0.610. The molecule has 2 aliphatic rings. The third-order valence-electron chi connectivity index (χ3n) is 7.51. The van der Waals surface area contributed by atoms with Crippen LogP contribution in [0.5, 0.6) is 0 Å². The smallest absolute Gasteiger partial charge is 0.337 e. The molecule has 0 saturated heterocycles. The van der Waals surface area contributed by atoms with E-state index in [9.17, 15) is 4.79 Å². The van der Waals surface area contributed by atoms with E-state index in [1.165, 1.54) is 39.2 Å². The molecule has 2 aliphatic carbocycles. The summed E-state index contributed by atoms with van der Waals surface area (Å²) in [6, 6.07) is 0. The molecule has 4 heteroatoms. The first-order valence-electron chi connectivity index (χ1n) is 9.98. The molecule has 2 rings (SSSR count). The third kappa shape index (κ3) is 4.05. The van der Waals surface area contributed by atoms with E-state index < -0.39 is 5.60 Å². The first-order chi connectivity index (χ1) is 11.8. The molecule has 0 N–H and O–H groups in total. The van der Waals surface area contributed by atoms with Crippen LogP contribution < -0.4 is 0 Å². The first-order valence-corrected chi connectivity index (χ1v) is 9.98. The van der Waals surface area contributed by atoms with Gasteiger partial charge < -0.3 is 14.2 Å². The van der Waals surface area contributed by atoms with Gasteiger partial charge in [0.15, 0.2) is 5.60 Å². The van der Waals surface area contributed by atoms with Gasteiger partial charge in [0.2, 0.25) is 0 Å². The zero-order valence-corrected chi connectivity index (χ0v) is 17.1. The Morgan fingerprint density at radius 1 is 1.24 bits per heavy atom. The summed E-state index contributed by atoms with van der Waals surface area (Å²) >= 11 is 0. The molecule has 0 aromatic heterocycles. The predicted molar refractivity (Wildman–Crippen MR) is 99.4 cm³/mol. The van der Waals surface area contributed by atoms with Crippen LogP contribution >= 0.6 is 0 Å². The molecule has 0 heterocycles. The minimum atomic E-state index is -0.817. The molecule has 0 aromatic carbocycles. The number of methoxy groups -OCH3 is 3. The molecule has 2 fully saturated rings. The molecule has 4 nitrogen and oxygen atoms in total. The van der Waals surface area contributed by atoms with Gasteiger partial charge in [0.1, 0.15) is 0 Å². The standard InChI is InChI=1S/C21H38O4/c1-15(9-7-14-21(3,25-6)19(22)24-5)16-11-12-17-18(23-4)10-8-13-20(16,17)2/h15-18H,7-14H2,1-6H3/t15-,16-,17?,18?,20-,21?/m1/s1. The highest BCUT2D eigenvalue weighted by Gasteiger charge is 2.52. The van der Waals surface area contributed by atoms with E-state index in [0.29, 0.717) is 23.9 Å². The van der Waals surface area contributed by atoms with E-state index >= 15 is 0 Å². The molecular formula is C21H38O4. The largest absolute Gasteiger partial charge is 0.467 e. The second-order valence-corrected chi connectivity index (χ2v) is 8.76. The number of carbonyl (C=O) groups is 1. The normalized spacial score (nSPS) is 35.7. The zero-order chi connectivity index (χ0) is 18.7. The topological polar surface area (TPSA) is 44.8 Å². The minimum absolute atomic E-state index is 0.272. The van der Waals surface area contributed by atoms with Crippen molar-refractivity contribution < 1.29 is 19.0 Å². The van der Waals surface area contributed by atoms with Gasteiger partial charge in [0.05, 0.1) is 13.2 Å². The molecule has 0 amide bonds. The van der Waals surface area contributed by atoms with Crippen LogP contribution in [-0.2, 0) is 19.0 Å². The van der Waals surface area contributed by atoms with Crippen molar-refractivity contribution in [3.8, 4) is 0 Å². The fraction of sp³-hybridized carbons (Fsp3) is 0.952. The monoisotopic (exact) mass is 354 g/mol. The molecule has 3 unspecified atom stereocenters. The summed E-state index contributed by atoms with van der Waals surface area (Å²) in [6.45, 7) is 6.74. The molecule has 6 atom stereocenters. The summed E-state index contributed by atoms with van der Waals surface area (Å²) < 4.78 is 16.1. The molecule has 2 saturated carbocycles. The third-order valence-corrected chi connectivity index (χ3v) is 7.51. The fourth-order valence-corrected chi connectivity index (χ4v) is 5.84. The van der Waals surface area contributed by atoms with Crippen LogP contribution in [0.15, 0.2) is 0 Å². The van der Waals surface area contributed by atoms with E-state index in [2.05, 4.69) is 13.8 Å². The molecule has 0 aliphatic heterocycles. The van der Waals surface area contributed by atoms with Crippen LogP contribution in [0.2, 0.25) is 0 Å². The van der Waals surface area contributed by atoms with Gasteiger partial charge in [0.25, 0.3) is 0 Å². The Labute approximate surface area is 154 Å². The number of ether oxygens (including phenoxy) is 3. The van der Waals surface area contributed by atoms with E-state index in [4.69, 9.17) is 14.2 Å². The van der Waals surface area contributed by atoms with Gasteiger partial charge in [-0.3, -0.25) is 0 Å². The Kier molecular flexibility index (Phi) is 6.94. The van der Waals surface area contributed by atoms with Crippen molar-refractivity contribution in [3.63, 3.8) is 0 Å². The van der Waals surface area contributed by atoms with Crippen LogP contribution in [0.3, 0.4) is 0 Å². The van der Waals surface area contributed by atoms with Gasteiger partial charge in [-0.2, -0.15) is 0 Å². The lowest BCUT2D eigenvalue weighted by molar-refractivity contribution is -0.164. The molecule has 0 radical (unpaired) electrons. The number of carbonyl (C=O) groups excluding carboxylic acids is 1. The van der Waals surface area contributed by atoms with Crippen molar-refractivity contribution in [2.24, 2.45) is 23.2 Å². The lowest BCUT2D eigenvalue weighted by Crippen LogP contribution is -2.42. The van der Waals surface area contributed by atoms with E-state index in [0.717, 1.165) is 24.7 Å². The molecule has 0 spiro atoms. The summed E-state index contributed by atoms with van der Waals surface area (Å²) in [6.07, 6.45) is 9.78. The van der Waals surface area contributed by atoms with E-state index in [-0.39, 0.29) is 5.97 Å². The summed E-state index contributed by atoms with van der Waals surface area (Å²) in [5, 5.41) is 0. The molecular weight excluding hydrogens is 316 g/mol. The maximum Gasteiger partial charge on any atom is 0.337 e. The quantitative estimate of drug-likeness (QED) is 0.598. The highest BCUT2D eigenvalue weighted by molar-refractivity contribution is 5.78. The number of hydrogen-bond acceptors (Lipinski definition) is 4. The molecule has 0 bridgehead atoms. The maximum absolute atomic E-state index is 11.9. The van der Waals surface area contributed by atoms with E-state index in [1.54, 1.807) is 7.11 Å². The fourth-order valence-electron chi connectivity index (χ4n) is 5.84. The van der Waals surface area contributed by atoms with E-state index in [1.807, 2.05) is 14.0 Å². The van der Waals surface area contributed by atoms with Gasteiger partial charge in [-0.25, -0.2) is 4.79 Å². The number of fused-ring (bicyclic) bond motifs is 1. The summed E-state index contributed by atoms with van der Waals surface area (Å²) in [5.74, 6) is 1.88. The Morgan fingerprint density at radius 2 is 1.96 bits per heavy atom. The highest BCUT2D eigenvalue weighted by atomic mass is 16.6.